The molecule has 2 aliphatic heterocycles. The number of carbonyl (C=O) groups is 3. The summed E-state index contributed by atoms with van der Waals surface area (Å²) in [6.07, 6.45) is 4.57. The molecule has 3 heterocycles. The van der Waals surface area contributed by atoms with Crippen LogP contribution in [0.3, 0.4) is 0 Å². The molecular weight excluding hydrogens is 509 g/mol. The van der Waals surface area contributed by atoms with Crippen molar-refractivity contribution in [3.63, 3.8) is 0 Å². The number of rotatable bonds is 6. The van der Waals surface area contributed by atoms with E-state index in [4.69, 9.17) is 5.73 Å². The Morgan fingerprint density at radius 1 is 1.07 bits per heavy atom. The van der Waals surface area contributed by atoms with Crippen LogP contribution in [0.4, 0.5) is 4.39 Å². The first-order valence-electron chi connectivity index (χ1n) is 13.6. The van der Waals surface area contributed by atoms with E-state index >= 15 is 0 Å². The van der Waals surface area contributed by atoms with Crippen molar-refractivity contribution in [1.82, 2.24) is 20.0 Å². The lowest BCUT2D eigenvalue weighted by Gasteiger charge is -2.33. The van der Waals surface area contributed by atoms with Gasteiger partial charge in [-0.1, -0.05) is 36.4 Å². The van der Waals surface area contributed by atoms with E-state index < -0.39 is 23.5 Å². The summed E-state index contributed by atoms with van der Waals surface area (Å²) in [6, 6.07) is 18.8. The molecule has 0 bridgehead atoms. The molecule has 6 rings (SSSR count). The summed E-state index contributed by atoms with van der Waals surface area (Å²) in [5.74, 6) is -1.90. The summed E-state index contributed by atoms with van der Waals surface area (Å²) in [6.45, 7) is 2.43. The lowest BCUT2D eigenvalue weighted by Crippen LogP contribution is -2.39. The average molecular weight is 540 g/mol. The third-order valence-electron chi connectivity index (χ3n) is 8.02. The van der Waals surface area contributed by atoms with Crippen molar-refractivity contribution in [2.24, 2.45) is 5.73 Å². The van der Waals surface area contributed by atoms with Crippen LogP contribution < -0.4 is 11.1 Å². The Morgan fingerprint density at radius 2 is 1.90 bits per heavy atom. The van der Waals surface area contributed by atoms with Gasteiger partial charge in [0.05, 0.1) is 17.2 Å². The molecule has 2 fully saturated rings. The predicted octanol–water partition coefficient (Wildman–Crippen LogP) is 4.16. The summed E-state index contributed by atoms with van der Waals surface area (Å²) in [5.41, 5.74) is 9.85. The first kappa shape index (κ1) is 25.9. The molecule has 204 valence electrons. The SMILES string of the molecule is NC(=O)c1cccc2cn(-c3ccc([C@@H]4CCCN(Cc5ccc(C6CCC(=O)NC6=O)c(F)c5)C4)cc3)nc12. The van der Waals surface area contributed by atoms with Crippen molar-refractivity contribution < 1.29 is 18.8 Å². The maximum Gasteiger partial charge on any atom is 0.250 e. The van der Waals surface area contributed by atoms with Crippen LogP contribution in [0.5, 0.6) is 0 Å². The number of primary amides is 1. The average Bonchev–Trinajstić information content (AvgIpc) is 3.38. The van der Waals surface area contributed by atoms with E-state index in [9.17, 15) is 18.8 Å². The number of nitrogens with two attached hydrogens (primary N) is 1. The van der Waals surface area contributed by atoms with Crippen molar-refractivity contribution in [3.8, 4) is 5.69 Å². The number of aromatic nitrogens is 2. The van der Waals surface area contributed by atoms with Crippen LogP contribution in [0, 0.1) is 5.82 Å². The standard InChI is InChI=1S/C31H30FN5O3/c32-27-15-19(6-11-24(27)25-12-13-28(38)34-31(25)40)16-36-14-2-4-21(17-36)20-7-9-23(10-8-20)37-18-22-3-1-5-26(30(33)39)29(22)35-37/h1,3,5-11,15,18,21,25H,2,4,12-14,16-17H2,(H2,33,39)(H,34,38,40)/t21-,25?/m1/s1. The van der Waals surface area contributed by atoms with Crippen molar-refractivity contribution in [2.75, 3.05) is 13.1 Å². The molecular formula is C31H30FN5O3. The van der Waals surface area contributed by atoms with E-state index in [1.165, 1.54) is 11.6 Å². The van der Waals surface area contributed by atoms with Gasteiger partial charge in [-0.25, -0.2) is 9.07 Å². The number of nitrogens with zero attached hydrogens (tertiary/aromatic N) is 3. The Balaban J connectivity index is 1.13. The summed E-state index contributed by atoms with van der Waals surface area (Å²) < 4.78 is 16.8. The zero-order valence-corrected chi connectivity index (χ0v) is 22.0. The van der Waals surface area contributed by atoms with Crippen LogP contribution >= 0.6 is 0 Å². The molecule has 0 spiro atoms. The lowest BCUT2D eigenvalue weighted by atomic mass is 9.89. The second kappa shape index (κ2) is 10.7. The molecule has 3 amide bonds. The highest BCUT2D eigenvalue weighted by atomic mass is 19.1. The number of hydrogen-bond acceptors (Lipinski definition) is 5. The normalized spacial score (nSPS) is 20.0. The van der Waals surface area contributed by atoms with Gasteiger partial charge in [0.1, 0.15) is 11.3 Å². The van der Waals surface area contributed by atoms with Crippen molar-refractivity contribution in [3.05, 3.63) is 94.9 Å². The van der Waals surface area contributed by atoms with Gasteiger partial charge in [0.15, 0.2) is 0 Å². The predicted molar refractivity (Wildman–Crippen MR) is 148 cm³/mol. The maximum absolute atomic E-state index is 15.0. The number of nitrogens with one attached hydrogen (secondary N) is 1. The van der Waals surface area contributed by atoms with E-state index in [2.05, 4.69) is 27.4 Å². The Morgan fingerprint density at radius 3 is 2.65 bits per heavy atom. The number of hydrogen-bond donors (Lipinski definition) is 2. The second-order valence-corrected chi connectivity index (χ2v) is 10.7. The number of halogens is 1. The maximum atomic E-state index is 15.0. The zero-order valence-electron chi connectivity index (χ0n) is 22.0. The van der Waals surface area contributed by atoms with Crippen LogP contribution in [-0.4, -0.2) is 45.5 Å². The van der Waals surface area contributed by atoms with Crippen LogP contribution in [0.25, 0.3) is 16.6 Å². The smallest absolute Gasteiger partial charge is 0.250 e. The Labute approximate surface area is 231 Å². The van der Waals surface area contributed by atoms with Gasteiger partial charge >= 0.3 is 0 Å². The fourth-order valence-electron chi connectivity index (χ4n) is 5.95. The minimum absolute atomic E-state index is 0.225. The Hall–Kier alpha value is -4.37. The van der Waals surface area contributed by atoms with E-state index in [1.54, 1.807) is 22.9 Å². The molecule has 0 aliphatic carbocycles. The number of imide groups is 1. The third kappa shape index (κ3) is 5.12. The molecule has 2 aliphatic rings. The van der Waals surface area contributed by atoms with Crippen molar-refractivity contribution >= 4 is 28.6 Å². The van der Waals surface area contributed by atoms with Gasteiger partial charge in [0.2, 0.25) is 11.8 Å². The monoisotopic (exact) mass is 539 g/mol. The molecule has 3 aromatic carbocycles. The molecule has 3 N–H and O–H groups in total. The van der Waals surface area contributed by atoms with Crippen LogP contribution in [-0.2, 0) is 16.1 Å². The molecule has 2 atom stereocenters. The largest absolute Gasteiger partial charge is 0.366 e. The van der Waals surface area contributed by atoms with Gasteiger partial charge in [-0.15, -0.1) is 0 Å². The number of carbonyl (C=O) groups excluding carboxylic acids is 3. The molecule has 0 saturated carbocycles. The van der Waals surface area contributed by atoms with E-state index in [1.807, 2.05) is 30.5 Å². The minimum atomic E-state index is -0.626. The van der Waals surface area contributed by atoms with E-state index in [0.717, 1.165) is 42.6 Å². The van der Waals surface area contributed by atoms with Gasteiger partial charge in [0, 0.05) is 36.7 Å². The molecule has 4 aromatic rings. The highest BCUT2D eigenvalue weighted by molar-refractivity contribution is 6.04. The van der Waals surface area contributed by atoms with Crippen LogP contribution in [0.1, 0.15) is 64.6 Å². The number of piperidine rings is 2. The molecule has 8 nitrogen and oxygen atoms in total. The summed E-state index contributed by atoms with van der Waals surface area (Å²) in [7, 11) is 0. The fraction of sp³-hybridized carbons (Fsp3) is 0.290. The first-order valence-corrected chi connectivity index (χ1v) is 13.6. The Kier molecular flexibility index (Phi) is 6.89. The summed E-state index contributed by atoms with van der Waals surface area (Å²) in [5, 5.41) is 7.75. The molecule has 1 unspecified atom stereocenters. The molecule has 1 aromatic heterocycles. The van der Waals surface area contributed by atoms with Crippen molar-refractivity contribution in [1.29, 1.82) is 0 Å². The Bertz CT molecular complexity index is 1610. The minimum Gasteiger partial charge on any atom is -0.366 e. The van der Waals surface area contributed by atoms with Crippen LogP contribution in [0.15, 0.2) is 66.9 Å². The third-order valence-corrected chi connectivity index (χ3v) is 8.02. The molecule has 40 heavy (non-hydrogen) atoms. The van der Waals surface area contributed by atoms with Gasteiger partial charge in [-0.05, 0) is 67.1 Å². The number of benzene rings is 3. The number of likely N-dealkylation sites (tertiary alicyclic amines) is 1. The summed E-state index contributed by atoms with van der Waals surface area (Å²) in [4.78, 5) is 37.7. The fourth-order valence-corrected chi connectivity index (χ4v) is 5.95. The molecule has 2 saturated heterocycles. The highest BCUT2D eigenvalue weighted by Gasteiger charge is 2.30. The second-order valence-electron chi connectivity index (χ2n) is 10.7. The van der Waals surface area contributed by atoms with Gasteiger partial charge in [-0.3, -0.25) is 24.6 Å². The first-order chi connectivity index (χ1) is 19.4. The van der Waals surface area contributed by atoms with Crippen LogP contribution in [0.2, 0.25) is 0 Å². The molecule has 9 heteroatoms. The van der Waals surface area contributed by atoms with Crippen molar-refractivity contribution in [2.45, 2.75) is 44.1 Å². The van der Waals surface area contributed by atoms with E-state index in [-0.39, 0.29) is 12.3 Å². The van der Waals surface area contributed by atoms with E-state index in [0.29, 0.717) is 35.5 Å². The quantitative estimate of drug-likeness (QED) is 0.358. The van der Waals surface area contributed by atoms with Gasteiger partial charge in [-0.2, -0.15) is 5.10 Å². The topological polar surface area (TPSA) is 110 Å². The zero-order chi connectivity index (χ0) is 27.8. The highest BCUT2D eigenvalue weighted by Crippen LogP contribution is 2.31. The number of fused-ring (bicyclic) bond motifs is 1. The summed E-state index contributed by atoms with van der Waals surface area (Å²) >= 11 is 0. The lowest BCUT2D eigenvalue weighted by molar-refractivity contribution is -0.134. The van der Waals surface area contributed by atoms with Gasteiger partial charge < -0.3 is 5.73 Å². The molecule has 0 radical (unpaired) electrons. The number of amides is 3. The van der Waals surface area contributed by atoms with Gasteiger partial charge in [0.25, 0.3) is 5.91 Å².